The zero-order valence-corrected chi connectivity index (χ0v) is 19.4. The fourth-order valence-electron chi connectivity index (χ4n) is 4.85. The van der Waals surface area contributed by atoms with Crippen molar-refractivity contribution in [3.8, 4) is 5.75 Å². The average Bonchev–Trinajstić information content (AvgIpc) is 3.02. The van der Waals surface area contributed by atoms with Crippen LogP contribution in [-0.2, 0) is 16.0 Å². The molecule has 1 aromatic rings. The number of amides is 3. The highest BCUT2D eigenvalue weighted by Crippen LogP contribution is 2.37. The Hall–Kier alpha value is -2.12. The zero-order chi connectivity index (χ0) is 22.4. The second-order valence-corrected chi connectivity index (χ2v) is 8.97. The molecule has 7 heteroatoms. The van der Waals surface area contributed by atoms with E-state index < -0.39 is 5.54 Å². The number of ether oxygens (including phenoxy) is 2. The number of likely N-dealkylation sites (tertiary alicyclic amines) is 1. The van der Waals surface area contributed by atoms with Gasteiger partial charge in [0.25, 0.3) is 5.91 Å². The third-order valence-electron chi connectivity index (χ3n) is 6.89. The fraction of sp³-hybridized carbons (Fsp3) is 0.667. The Morgan fingerprint density at radius 3 is 2.61 bits per heavy atom. The number of imide groups is 1. The number of urea groups is 1. The van der Waals surface area contributed by atoms with Crippen molar-refractivity contribution in [1.82, 2.24) is 15.1 Å². The number of carbonyl (C=O) groups is 2. The van der Waals surface area contributed by atoms with E-state index in [-0.39, 0.29) is 24.4 Å². The standard InChI is InChI=1S/C24H37N3O4/c1-5-18(2)17-26-11-9-20(10-12-26)24(16-19-7-6-8-21(15-19)31-4)22(28)27(13-14-30-3)23(29)25-24/h6-8,15,18,20H,5,9-14,16-17H2,1-4H3,(H,25,29)/t18-,24-/m1/s1. The molecule has 1 aromatic carbocycles. The van der Waals surface area contributed by atoms with E-state index >= 15 is 0 Å². The molecular weight excluding hydrogens is 394 g/mol. The van der Waals surface area contributed by atoms with E-state index in [2.05, 4.69) is 24.1 Å². The first-order chi connectivity index (χ1) is 14.9. The molecule has 0 spiro atoms. The summed E-state index contributed by atoms with van der Waals surface area (Å²) in [7, 11) is 3.21. The van der Waals surface area contributed by atoms with Crippen LogP contribution in [0.15, 0.2) is 24.3 Å². The monoisotopic (exact) mass is 431 g/mol. The first kappa shape index (κ1) is 23.5. The minimum atomic E-state index is -0.917. The van der Waals surface area contributed by atoms with Crippen LogP contribution >= 0.6 is 0 Å². The fourth-order valence-corrected chi connectivity index (χ4v) is 4.85. The van der Waals surface area contributed by atoms with Gasteiger partial charge in [-0.3, -0.25) is 9.69 Å². The van der Waals surface area contributed by atoms with Gasteiger partial charge in [0.1, 0.15) is 11.3 Å². The molecule has 0 unspecified atom stereocenters. The highest BCUT2D eigenvalue weighted by atomic mass is 16.5. The van der Waals surface area contributed by atoms with Crippen molar-refractivity contribution in [2.45, 2.75) is 45.1 Å². The Labute approximate surface area is 186 Å². The molecule has 2 atom stereocenters. The molecule has 2 saturated heterocycles. The SMILES string of the molecule is CC[C@@H](C)CN1CCC([C@@]2(Cc3cccc(OC)c3)NC(=O)N(CCOC)C2=O)CC1. The van der Waals surface area contributed by atoms with Gasteiger partial charge >= 0.3 is 6.03 Å². The maximum Gasteiger partial charge on any atom is 0.325 e. The second-order valence-electron chi connectivity index (χ2n) is 8.97. The van der Waals surface area contributed by atoms with E-state index in [9.17, 15) is 9.59 Å². The van der Waals surface area contributed by atoms with Crippen LogP contribution in [0.3, 0.4) is 0 Å². The maximum absolute atomic E-state index is 13.6. The third kappa shape index (κ3) is 5.21. The van der Waals surface area contributed by atoms with Crippen molar-refractivity contribution in [1.29, 1.82) is 0 Å². The molecular formula is C24H37N3O4. The lowest BCUT2D eigenvalue weighted by Gasteiger charge is -2.41. The largest absolute Gasteiger partial charge is 0.497 e. The van der Waals surface area contributed by atoms with Gasteiger partial charge < -0.3 is 19.7 Å². The Morgan fingerprint density at radius 1 is 1.23 bits per heavy atom. The van der Waals surface area contributed by atoms with E-state index in [1.165, 1.54) is 11.3 Å². The summed E-state index contributed by atoms with van der Waals surface area (Å²) in [4.78, 5) is 30.3. The molecule has 2 aliphatic rings. The van der Waals surface area contributed by atoms with Crippen LogP contribution in [0.5, 0.6) is 5.75 Å². The summed E-state index contributed by atoms with van der Waals surface area (Å²) in [6.45, 7) is 8.11. The summed E-state index contributed by atoms with van der Waals surface area (Å²) >= 11 is 0. The molecule has 0 saturated carbocycles. The van der Waals surface area contributed by atoms with Crippen molar-refractivity contribution in [3.05, 3.63) is 29.8 Å². The Bertz CT molecular complexity index is 763. The maximum atomic E-state index is 13.6. The van der Waals surface area contributed by atoms with Crippen LogP contribution in [0.2, 0.25) is 0 Å². The number of nitrogens with zero attached hydrogens (tertiary/aromatic N) is 2. The first-order valence-corrected chi connectivity index (χ1v) is 11.4. The summed E-state index contributed by atoms with van der Waals surface area (Å²) in [5.41, 5.74) is 0.0725. The summed E-state index contributed by atoms with van der Waals surface area (Å²) in [5, 5.41) is 3.12. The van der Waals surface area contributed by atoms with Gasteiger partial charge in [-0.15, -0.1) is 0 Å². The van der Waals surface area contributed by atoms with Crippen molar-refractivity contribution in [2.24, 2.45) is 11.8 Å². The van der Waals surface area contributed by atoms with Crippen LogP contribution in [0.1, 0.15) is 38.7 Å². The number of benzene rings is 1. The lowest BCUT2D eigenvalue weighted by atomic mass is 9.73. The first-order valence-electron chi connectivity index (χ1n) is 11.4. The van der Waals surface area contributed by atoms with Crippen molar-refractivity contribution >= 4 is 11.9 Å². The Morgan fingerprint density at radius 2 is 1.97 bits per heavy atom. The minimum absolute atomic E-state index is 0.0934. The molecule has 0 aromatic heterocycles. The van der Waals surface area contributed by atoms with Gasteiger partial charge in [0.15, 0.2) is 0 Å². The van der Waals surface area contributed by atoms with Crippen molar-refractivity contribution in [2.75, 3.05) is 47.0 Å². The molecule has 2 aliphatic heterocycles. The van der Waals surface area contributed by atoms with Gasteiger partial charge in [-0.25, -0.2) is 4.79 Å². The third-order valence-corrected chi connectivity index (χ3v) is 6.89. The molecule has 3 rings (SSSR count). The van der Waals surface area contributed by atoms with Crippen LogP contribution in [0, 0.1) is 11.8 Å². The number of nitrogens with one attached hydrogen (secondary N) is 1. The molecule has 172 valence electrons. The average molecular weight is 432 g/mol. The highest BCUT2D eigenvalue weighted by Gasteiger charge is 2.55. The predicted octanol–water partition coefficient (Wildman–Crippen LogP) is 2.93. The molecule has 0 bridgehead atoms. The van der Waals surface area contributed by atoms with Gasteiger partial charge in [0.2, 0.25) is 0 Å². The zero-order valence-electron chi connectivity index (χ0n) is 19.4. The molecule has 2 heterocycles. The molecule has 0 radical (unpaired) electrons. The van der Waals surface area contributed by atoms with E-state index in [1.54, 1.807) is 14.2 Å². The summed E-state index contributed by atoms with van der Waals surface area (Å²) in [6.07, 6.45) is 3.42. The summed E-state index contributed by atoms with van der Waals surface area (Å²) < 4.78 is 10.5. The van der Waals surface area contributed by atoms with E-state index in [0.29, 0.717) is 18.9 Å². The molecule has 3 amide bonds. The quantitative estimate of drug-likeness (QED) is 0.577. The van der Waals surface area contributed by atoms with E-state index in [1.807, 2.05) is 24.3 Å². The predicted molar refractivity (Wildman–Crippen MR) is 120 cm³/mol. The van der Waals surface area contributed by atoms with E-state index in [4.69, 9.17) is 9.47 Å². The highest BCUT2D eigenvalue weighted by molar-refractivity contribution is 6.07. The van der Waals surface area contributed by atoms with Gasteiger partial charge in [0, 0.05) is 20.1 Å². The van der Waals surface area contributed by atoms with Gasteiger partial charge in [-0.1, -0.05) is 32.4 Å². The normalized spacial score (nSPS) is 23.8. The van der Waals surface area contributed by atoms with Crippen molar-refractivity contribution < 1.29 is 19.1 Å². The van der Waals surface area contributed by atoms with Crippen LogP contribution in [0.4, 0.5) is 4.79 Å². The number of hydrogen-bond donors (Lipinski definition) is 1. The second kappa shape index (κ2) is 10.5. The van der Waals surface area contributed by atoms with Crippen LogP contribution in [-0.4, -0.2) is 74.3 Å². The lowest BCUT2D eigenvalue weighted by molar-refractivity contribution is -0.134. The van der Waals surface area contributed by atoms with Gasteiger partial charge in [-0.05, 0) is 55.5 Å². The topological polar surface area (TPSA) is 71.1 Å². The Kier molecular flexibility index (Phi) is 7.94. The Balaban J connectivity index is 1.83. The number of carbonyl (C=O) groups excluding carboxylic acids is 2. The smallest absolute Gasteiger partial charge is 0.325 e. The summed E-state index contributed by atoms with van der Waals surface area (Å²) in [6, 6.07) is 7.47. The molecule has 1 N–H and O–H groups in total. The number of methoxy groups -OCH3 is 2. The molecule has 7 nitrogen and oxygen atoms in total. The molecule has 0 aliphatic carbocycles. The number of hydrogen-bond acceptors (Lipinski definition) is 5. The van der Waals surface area contributed by atoms with E-state index in [0.717, 1.165) is 43.8 Å². The van der Waals surface area contributed by atoms with Crippen molar-refractivity contribution in [3.63, 3.8) is 0 Å². The lowest BCUT2D eigenvalue weighted by Crippen LogP contribution is -2.57. The summed E-state index contributed by atoms with van der Waals surface area (Å²) in [5.74, 6) is 1.39. The number of rotatable bonds is 10. The number of piperidine rings is 1. The van der Waals surface area contributed by atoms with Gasteiger partial charge in [0.05, 0.1) is 20.3 Å². The van der Waals surface area contributed by atoms with Crippen LogP contribution < -0.4 is 10.1 Å². The van der Waals surface area contributed by atoms with Crippen LogP contribution in [0.25, 0.3) is 0 Å². The molecule has 2 fully saturated rings. The van der Waals surface area contributed by atoms with Gasteiger partial charge in [-0.2, -0.15) is 0 Å². The molecule has 31 heavy (non-hydrogen) atoms. The minimum Gasteiger partial charge on any atom is -0.497 e.